The third-order valence-electron chi connectivity index (χ3n) is 4.38. The average molecular weight is 412 g/mol. The van der Waals surface area contributed by atoms with Gasteiger partial charge in [0.2, 0.25) is 16.9 Å². The maximum absolute atomic E-state index is 12.3. The third-order valence-corrected chi connectivity index (χ3v) is 6.44. The first-order valence-corrected chi connectivity index (χ1v) is 10.3. The zero-order chi connectivity index (χ0) is 19.8. The number of imide groups is 1. The van der Waals surface area contributed by atoms with Gasteiger partial charge in [-0.1, -0.05) is 30.0 Å². The van der Waals surface area contributed by atoms with Gasteiger partial charge in [0.05, 0.1) is 5.75 Å². The van der Waals surface area contributed by atoms with Gasteiger partial charge in [-0.05, 0) is 26.2 Å². The molecule has 3 rings (SSSR count). The molecule has 1 unspecified atom stereocenters. The van der Waals surface area contributed by atoms with Crippen LogP contribution in [0, 0.1) is 0 Å². The maximum atomic E-state index is 12.3. The number of nitrogens with zero attached hydrogens (tertiary/aromatic N) is 4. The second kappa shape index (κ2) is 7.43. The van der Waals surface area contributed by atoms with Crippen molar-refractivity contribution in [2.45, 2.75) is 56.0 Å². The van der Waals surface area contributed by atoms with Crippen molar-refractivity contribution >= 4 is 52.0 Å². The summed E-state index contributed by atoms with van der Waals surface area (Å²) in [7, 11) is 0. The molecular formula is C15H20N6O4S2. The van der Waals surface area contributed by atoms with Crippen LogP contribution in [-0.4, -0.2) is 56.3 Å². The Kier molecular flexibility index (Phi) is 5.38. The molecule has 1 aliphatic heterocycles. The Bertz CT molecular complexity index is 795. The third kappa shape index (κ3) is 4.05. The minimum absolute atomic E-state index is 0.0436. The Labute approximate surface area is 164 Å². The maximum Gasteiger partial charge on any atom is 0.344 e. The molecule has 1 saturated heterocycles. The van der Waals surface area contributed by atoms with Crippen LogP contribution >= 0.6 is 23.1 Å². The summed E-state index contributed by atoms with van der Waals surface area (Å²) in [6, 6.07) is -0.466. The predicted octanol–water partition coefficient (Wildman–Crippen LogP) is 0.897. The summed E-state index contributed by atoms with van der Waals surface area (Å²) < 4.78 is 0.530. The summed E-state index contributed by atoms with van der Waals surface area (Å²) in [4.78, 5) is 49.6. The van der Waals surface area contributed by atoms with E-state index >= 15 is 0 Å². The zero-order valence-corrected chi connectivity index (χ0v) is 16.8. The Morgan fingerprint density at radius 2 is 2.11 bits per heavy atom. The second-order valence-corrected chi connectivity index (χ2v) is 8.73. The van der Waals surface area contributed by atoms with Crippen molar-refractivity contribution in [3.05, 3.63) is 0 Å². The number of hydrogen-bond acceptors (Lipinski definition) is 8. The number of anilines is 1. The van der Waals surface area contributed by atoms with Crippen LogP contribution in [0.1, 0.15) is 40.0 Å². The normalized spacial score (nSPS) is 22.0. The summed E-state index contributed by atoms with van der Waals surface area (Å²) in [5.74, 6) is -1.13. The van der Waals surface area contributed by atoms with Crippen LogP contribution in [-0.2, 0) is 14.4 Å². The van der Waals surface area contributed by atoms with Gasteiger partial charge in [-0.2, -0.15) is 5.01 Å². The molecule has 0 radical (unpaired) electrons. The summed E-state index contributed by atoms with van der Waals surface area (Å²) in [6.07, 6.45) is 2.32. The van der Waals surface area contributed by atoms with Gasteiger partial charge in [-0.25, -0.2) is 4.79 Å². The number of hydrazine groups is 1. The van der Waals surface area contributed by atoms with Crippen LogP contribution in [0.15, 0.2) is 4.34 Å². The molecule has 146 valence electrons. The molecule has 2 heterocycles. The Morgan fingerprint density at radius 1 is 1.41 bits per heavy atom. The minimum Gasteiger partial charge on any atom is -0.322 e. The van der Waals surface area contributed by atoms with Crippen LogP contribution in [0.25, 0.3) is 0 Å². The van der Waals surface area contributed by atoms with E-state index in [0.29, 0.717) is 20.9 Å². The lowest BCUT2D eigenvalue weighted by molar-refractivity contribution is -0.137. The van der Waals surface area contributed by atoms with Crippen molar-refractivity contribution in [2.24, 2.45) is 0 Å². The second-order valence-electron chi connectivity index (χ2n) is 6.55. The first kappa shape index (κ1) is 19.5. The molecule has 2 N–H and O–H groups in total. The fourth-order valence-electron chi connectivity index (χ4n) is 2.55. The van der Waals surface area contributed by atoms with Crippen LogP contribution in [0.2, 0.25) is 0 Å². The molecule has 1 aromatic rings. The van der Waals surface area contributed by atoms with Crippen molar-refractivity contribution in [1.82, 2.24) is 25.9 Å². The number of carbonyl (C=O) groups is 4. The molecule has 0 bridgehead atoms. The number of amides is 5. The quantitative estimate of drug-likeness (QED) is 0.387. The van der Waals surface area contributed by atoms with Gasteiger partial charge >= 0.3 is 6.03 Å². The van der Waals surface area contributed by atoms with Gasteiger partial charge in [-0.15, -0.1) is 10.2 Å². The Balaban J connectivity index is 1.55. The number of urea groups is 1. The van der Waals surface area contributed by atoms with Gasteiger partial charge in [0.15, 0.2) is 4.34 Å². The van der Waals surface area contributed by atoms with Gasteiger partial charge < -0.3 is 5.32 Å². The smallest absolute Gasteiger partial charge is 0.322 e. The highest BCUT2D eigenvalue weighted by Crippen LogP contribution is 2.35. The standard InChI is InChI=1S/C15H20N6O4S2/c1-4-15(3)11(24)21(12(25)16-15)19-10(23)7-26-14-18-17-13(27-14)20(8(2)22)9-5-6-9/h9H,4-7H2,1-3H3,(H,16,25)(H,19,23). The van der Waals surface area contributed by atoms with E-state index in [1.807, 2.05) is 0 Å². The topological polar surface area (TPSA) is 125 Å². The molecule has 27 heavy (non-hydrogen) atoms. The number of rotatable bonds is 7. The zero-order valence-electron chi connectivity index (χ0n) is 15.1. The molecule has 0 aromatic carbocycles. The average Bonchev–Trinajstić information content (AvgIpc) is 3.29. The molecule has 1 saturated carbocycles. The van der Waals surface area contributed by atoms with E-state index in [1.54, 1.807) is 18.7 Å². The van der Waals surface area contributed by atoms with Crippen molar-refractivity contribution in [3.8, 4) is 0 Å². The summed E-state index contributed by atoms with van der Waals surface area (Å²) >= 11 is 2.36. The molecule has 2 fully saturated rings. The lowest BCUT2D eigenvalue weighted by Gasteiger charge is -2.19. The molecule has 1 aliphatic carbocycles. The van der Waals surface area contributed by atoms with Gasteiger partial charge in [0.1, 0.15) is 5.54 Å². The van der Waals surface area contributed by atoms with Crippen molar-refractivity contribution in [2.75, 3.05) is 10.7 Å². The van der Waals surface area contributed by atoms with Crippen LogP contribution in [0.4, 0.5) is 9.93 Å². The predicted molar refractivity (Wildman–Crippen MR) is 99.0 cm³/mol. The summed E-state index contributed by atoms with van der Waals surface area (Å²) in [5, 5.41) is 11.8. The van der Waals surface area contributed by atoms with E-state index in [0.717, 1.165) is 24.6 Å². The van der Waals surface area contributed by atoms with E-state index in [9.17, 15) is 19.2 Å². The van der Waals surface area contributed by atoms with E-state index < -0.39 is 23.4 Å². The Morgan fingerprint density at radius 3 is 2.67 bits per heavy atom. The lowest BCUT2D eigenvalue weighted by atomic mass is 10.00. The molecule has 2 aliphatic rings. The molecule has 0 spiro atoms. The highest BCUT2D eigenvalue weighted by atomic mass is 32.2. The molecule has 5 amide bonds. The molecule has 10 nitrogen and oxygen atoms in total. The monoisotopic (exact) mass is 412 g/mol. The lowest BCUT2D eigenvalue weighted by Crippen LogP contribution is -2.49. The fourth-order valence-corrected chi connectivity index (χ4v) is 4.30. The molecular weight excluding hydrogens is 392 g/mol. The van der Waals surface area contributed by atoms with Gasteiger partial charge in [-0.3, -0.25) is 24.7 Å². The first-order chi connectivity index (χ1) is 12.7. The van der Waals surface area contributed by atoms with Gasteiger partial charge in [0, 0.05) is 13.0 Å². The number of nitrogens with one attached hydrogen (secondary N) is 2. The first-order valence-electron chi connectivity index (χ1n) is 8.47. The number of aromatic nitrogens is 2. The number of carbonyl (C=O) groups excluding carboxylic acids is 4. The molecule has 12 heteroatoms. The van der Waals surface area contributed by atoms with E-state index in [-0.39, 0.29) is 17.7 Å². The van der Waals surface area contributed by atoms with Crippen molar-refractivity contribution < 1.29 is 19.2 Å². The SMILES string of the molecule is CCC1(C)NC(=O)N(NC(=O)CSc2nnc(N(C(C)=O)C3CC3)s2)C1=O. The number of hydrogen-bond donors (Lipinski definition) is 2. The fraction of sp³-hybridized carbons (Fsp3) is 0.600. The van der Waals surface area contributed by atoms with Crippen LogP contribution < -0.4 is 15.6 Å². The van der Waals surface area contributed by atoms with Gasteiger partial charge in [0.25, 0.3) is 5.91 Å². The summed E-state index contributed by atoms with van der Waals surface area (Å²) in [6.45, 7) is 4.87. The number of thioether (sulfide) groups is 1. The molecule has 1 atom stereocenters. The Hall–Kier alpha value is -2.21. The van der Waals surface area contributed by atoms with E-state index in [2.05, 4.69) is 20.9 Å². The van der Waals surface area contributed by atoms with Crippen LogP contribution in [0.3, 0.4) is 0 Å². The van der Waals surface area contributed by atoms with E-state index in [1.165, 1.54) is 18.3 Å². The highest BCUT2D eigenvalue weighted by molar-refractivity contribution is 8.01. The van der Waals surface area contributed by atoms with Crippen LogP contribution in [0.5, 0.6) is 0 Å². The minimum atomic E-state index is -1.01. The van der Waals surface area contributed by atoms with E-state index in [4.69, 9.17) is 0 Å². The summed E-state index contributed by atoms with van der Waals surface area (Å²) in [5.41, 5.74) is 1.31. The highest BCUT2D eigenvalue weighted by Gasteiger charge is 2.47. The van der Waals surface area contributed by atoms with Crippen molar-refractivity contribution in [1.29, 1.82) is 0 Å². The van der Waals surface area contributed by atoms with Crippen molar-refractivity contribution in [3.63, 3.8) is 0 Å². The largest absolute Gasteiger partial charge is 0.344 e. The molecule has 1 aromatic heterocycles.